The van der Waals surface area contributed by atoms with Crippen molar-refractivity contribution in [3.63, 3.8) is 0 Å². The molecule has 112 valence electrons. The molecule has 0 heterocycles. The van der Waals surface area contributed by atoms with Crippen LogP contribution < -0.4 is 5.32 Å². The Labute approximate surface area is 118 Å². The zero-order valence-electron chi connectivity index (χ0n) is 11.9. The maximum absolute atomic E-state index is 13.1. The van der Waals surface area contributed by atoms with Crippen LogP contribution in [0, 0.1) is 23.4 Å². The summed E-state index contributed by atoms with van der Waals surface area (Å²) in [5.74, 6) is -3.02. The van der Waals surface area contributed by atoms with E-state index in [0.29, 0.717) is 24.1 Å². The standard InChI is InChI=1S/C16H22F3N/c1-11(13-6-4-2-3-5-7-13)20-10-12-8-14(17)16(19)15(18)9-12/h8-9,11,13,20H,2-7,10H2,1H3/t11-/m1/s1. The van der Waals surface area contributed by atoms with Gasteiger partial charge in [0.05, 0.1) is 0 Å². The maximum Gasteiger partial charge on any atom is 0.194 e. The molecule has 2 rings (SSSR count). The first-order valence-electron chi connectivity index (χ1n) is 7.44. The molecule has 0 radical (unpaired) electrons. The van der Waals surface area contributed by atoms with Crippen LogP contribution in [0.1, 0.15) is 51.0 Å². The third-order valence-electron chi connectivity index (χ3n) is 4.28. The molecular formula is C16H22F3N. The molecule has 1 nitrogen and oxygen atoms in total. The summed E-state index contributed by atoms with van der Waals surface area (Å²) >= 11 is 0. The predicted molar refractivity (Wildman–Crippen MR) is 73.8 cm³/mol. The van der Waals surface area contributed by atoms with Gasteiger partial charge in [-0.05, 0) is 43.4 Å². The summed E-state index contributed by atoms with van der Waals surface area (Å²) in [6, 6.07) is 2.43. The van der Waals surface area contributed by atoms with Crippen LogP contribution in [0.2, 0.25) is 0 Å². The molecule has 1 fully saturated rings. The third kappa shape index (κ3) is 3.98. The van der Waals surface area contributed by atoms with Crippen LogP contribution in [0.3, 0.4) is 0 Å². The summed E-state index contributed by atoms with van der Waals surface area (Å²) in [6.45, 7) is 2.48. The lowest BCUT2D eigenvalue weighted by Crippen LogP contribution is -2.33. The molecule has 0 bridgehead atoms. The quantitative estimate of drug-likeness (QED) is 0.632. The summed E-state index contributed by atoms with van der Waals surface area (Å²) in [5.41, 5.74) is 0.446. The molecule has 1 aromatic carbocycles. The SMILES string of the molecule is C[C@@H](NCc1cc(F)c(F)c(F)c1)C1CCCCCC1. The van der Waals surface area contributed by atoms with Crippen molar-refractivity contribution in [1.82, 2.24) is 5.32 Å². The number of nitrogens with one attached hydrogen (secondary N) is 1. The van der Waals surface area contributed by atoms with E-state index in [1.165, 1.54) is 38.5 Å². The Morgan fingerprint density at radius 2 is 1.60 bits per heavy atom. The number of hydrogen-bond donors (Lipinski definition) is 1. The highest BCUT2D eigenvalue weighted by Gasteiger charge is 2.19. The largest absolute Gasteiger partial charge is 0.310 e. The fourth-order valence-electron chi connectivity index (χ4n) is 2.97. The van der Waals surface area contributed by atoms with E-state index >= 15 is 0 Å². The summed E-state index contributed by atoms with van der Waals surface area (Å²) in [7, 11) is 0. The van der Waals surface area contributed by atoms with Gasteiger partial charge in [-0.2, -0.15) is 0 Å². The Kier molecular flexibility index (Phi) is 5.46. The van der Waals surface area contributed by atoms with E-state index in [9.17, 15) is 13.2 Å². The summed E-state index contributed by atoms with van der Waals surface area (Å²) < 4.78 is 39.1. The third-order valence-corrected chi connectivity index (χ3v) is 4.28. The summed E-state index contributed by atoms with van der Waals surface area (Å²) in [5, 5.41) is 3.31. The molecule has 0 aromatic heterocycles. The molecule has 1 aromatic rings. The molecule has 1 atom stereocenters. The van der Waals surface area contributed by atoms with Gasteiger partial charge in [-0.1, -0.05) is 25.7 Å². The topological polar surface area (TPSA) is 12.0 Å². The lowest BCUT2D eigenvalue weighted by atomic mass is 9.93. The van der Waals surface area contributed by atoms with Gasteiger partial charge in [-0.15, -0.1) is 0 Å². The van der Waals surface area contributed by atoms with Crippen molar-refractivity contribution in [1.29, 1.82) is 0 Å². The molecule has 0 spiro atoms. The van der Waals surface area contributed by atoms with Gasteiger partial charge in [-0.25, -0.2) is 13.2 Å². The van der Waals surface area contributed by atoms with Crippen molar-refractivity contribution in [2.24, 2.45) is 5.92 Å². The van der Waals surface area contributed by atoms with E-state index in [0.717, 1.165) is 12.1 Å². The number of hydrogen-bond acceptors (Lipinski definition) is 1. The van der Waals surface area contributed by atoms with Crippen LogP contribution in [-0.4, -0.2) is 6.04 Å². The van der Waals surface area contributed by atoms with Gasteiger partial charge < -0.3 is 5.32 Å². The van der Waals surface area contributed by atoms with Gasteiger partial charge in [0.1, 0.15) is 0 Å². The van der Waals surface area contributed by atoms with Crippen LogP contribution in [0.5, 0.6) is 0 Å². The van der Waals surface area contributed by atoms with Gasteiger partial charge in [-0.3, -0.25) is 0 Å². The van der Waals surface area contributed by atoms with Crippen LogP contribution >= 0.6 is 0 Å². The fraction of sp³-hybridized carbons (Fsp3) is 0.625. The highest BCUT2D eigenvalue weighted by molar-refractivity contribution is 5.19. The maximum atomic E-state index is 13.1. The minimum atomic E-state index is -1.40. The van der Waals surface area contributed by atoms with E-state index in [2.05, 4.69) is 12.2 Å². The highest BCUT2D eigenvalue weighted by Crippen LogP contribution is 2.25. The Morgan fingerprint density at radius 1 is 1.05 bits per heavy atom. The molecule has 0 aliphatic heterocycles. The lowest BCUT2D eigenvalue weighted by Gasteiger charge is -2.23. The molecule has 0 amide bonds. The van der Waals surface area contributed by atoms with E-state index in [4.69, 9.17) is 0 Å². The summed E-state index contributed by atoms with van der Waals surface area (Å²) in [6.07, 6.45) is 7.54. The second-order valence-electron chi connectivity index (χ2n) is 5.79. The van der Waals surface area contributed by atoms with Crippen molar-refractivity contribution in [3.8, 4) is 0 Å². The smallest absolute Gasteiger partial charge is 0.194 e. The molecule has 1 saturated carbocycles. The van der Waals surface area contributed by atoms with E-state index in [1.54, 1.807) is 0 Å². The molecule has 0 saturated heterocycles. The summed E-state index contributed by atoms with van der Waals surface area (Å²) in [4.78, 5) is 0. The van der Waals surface area contributed by atoms with E-state index in [1.807, 2.05) is 0 Å². The first-order valence-corrected chi connectivity index (χ1v) is 7.44. The van der Waals surface area contributed by atoms with E-state index in [-0.39, 0.29) is 0 Å². The Balaban J connectivity index is 1.90. The predicted octanol–water partition coefficient (Wildman–Crippen LogP) is 4.55. The fourth-order valence-corrected chi connectivity index (χ4v) is 2.97. The minimum Gasteiger partial charge on any atom is -0.310 e. The number of rotatable bonds is 4. The average molecular weight is 285 g/mol. The van der Waals surface area contributed by atoms with Gasteiger partial charge >= 0.3 is 0 Å². The van der Waals surface area contributed by atoms with Crippen LogP contribution in [0.15, 0.2) is 12.1 Å². The zero-order valence-corrected chi connectivity index (χ0v) is 11.9. The molecule has 1 aliphatic rings. The van der Waals surface area contributed by atoms with Gasteiger partial charge in [0, 0.05) is 12.6 Å². The second kappa shape index (κ2) is 7.11. The Hall–Kier alpha value is -1.03. The number of halogens is 3. The first kappa shape index (κ1) is 15.4. The first-order chi connectivity index (χ1) is 9.58. The van der Waals surface area contributed by atoms with Gasteiger partial charge in [0.15, 0.2) is 17.5 Å². The monoisotopic (exact) mass is 285 g/mol. The lowest BCUT2D eigenvalue weighted by molar-refractivity contribution is 0.336. The van der Waals surface area contributed by atoms with Crippen molar-refractivity contribution in [2.45, 2.75) is 58.0 Å². The molecule has 4 heteroatoms. The molecule has 20 heavy (non-hydrogen) atoms. The van der Waals surface area contributed by atoms with E-state index < -0.39 is 17.5 Å². The number of benzene rings is 1. The Morgan fingerprint density at radius 3 is 2.15 bits per heavy atom. The minimum absolute atomic E-state index is 0.310. The average Bonchev–Trinajstić information content (AvgIpc) is 2.71. The van der Waals surface area contributed by atoms with Crippen LogP contribution in [0.4, 0.5) is 13.2 Å². The van der Waals surface area contributed by atoms with Crippen molar-refractivity contribution in [2.75, 3.05) is 0 Å². The van der Waals surface area contributed by atoms with Crippen LogP contribution in [-0.2, 0) is 6.54 Å². The molecule has 1 aliphatic carbocycles. The van der Waals surface area contributed by atoms with Gasteiger partial charge in [0.25, 0.3) is 0 Å². The normalized spacial score (nSPS) is 18.8. The highest BCUT2D eigenvalue weighted by atomic mass is 19.2. The molecule has 0 unspecified atom stereocenters. The van der Waals surface area contributed by atoms with Gasteiger partial charge in [0.2, 0.25) is 0 Å². The van der Waals surface area contributed by atoms with Crippen LogP contribution in [0.25, 0.3) is 0 Å². The van der Waals surface area contributed by atoms with Crippen molar-refractivity contribution in [3.05, 3.63) is 35.1 Å². The zero-order chi connectivity index (χ0) is 14.5. The molecular weight excluding hydrogens is 263 g/mol. The Bertz CT molecular complexity index is 416. The van der Waals surface area contributed by atoms with Crippen molar-refractivity contribution >= 4 is 0 Å². The van der Waals surface area contributed by atoms with Crippen molar-refractivity contribution < 1.29 is 13.2 Å². The second-order valence-corrected chi connectivity index (χ2v) is 5.79. The molecule has 1 N–H and O–H groups in total.